The fourth-order valence-electron chi connectivity index (χ4n) is 5.32. The van der Waals surface area contributed by atoms with Crippen molar-refractivity contribution in [1.82, 2.24) is 14.9 Å². The third-order valence-corrected chi connectivity index (χ3v) is 7.24. The van der Waals surface area contributed by atoms with Crippen LogP contribution < -0.4 is 15.0 Å². The molecule has 1 aliphatic heterocycles. The molecule has 8 heteroatoms. The van der Waals surface area contributed by atoms with Gasteiger partial charge in [-0.2, -0.15) is 0 Å². The van der Waals surface area contributed by atoms with E-state index >= 15 is 0 Å². The number of carbonyl (C=O) groups is 1. The number of pyridine rings is 1. The van der Waals surface area contributed by atoms with Crippen molar-refractivity contribution in [2.75, 3.05) is 12.0 Å². The first-order valence-electron chi connectivity index (χ1n) is 12.9. The molecule has 4 aromatic rings. The van der Waals surface area contributed by atoms with Gasteiger partial charge in [0.2, 0.25) is 0 Å². The summed E-state index contributed by atoms with van der Waals surface area (Å²) < 4.78 is 13.1. The maximum Gasteiger partial charge on any atom is 0.339 e. The predicted molar refractivity (Wildman–Crippen MR) is 157 cm³/mol. The van der Waals surface area contributed by atoms with Crippen LogP contribution in [0.2, 0.25) is 0 Å². The van der Waals surface area contributed by atoms with E-state index in [0.717, 1.165) is 39.8 Å². The number of nitrogens with one attached hydrogen (secondary N) is 1. The zero-order valence-corrected chi connectivity index (χ0v) is 23.5. The predicted octanol–water partition coefficient (Wildman–Crippen LogP) is 6.24. The highest BCUT2D eigenvalue weighted by Crippen LogP contribution is 2.44. The molecule has 3 heterocycles. The first-order chi connectivity index (χ1) is 18.8. The lowest BCUT2D eigenvalue weighted by atomic mass is 9.96. The smallest absolute Gasteiger partial charge is 0.339 e. The summed E-state index contributed by atoms with van der Waals surface area (Å²) in [6.07, 6.45) is 1.89. The van der Waals surface area contributed by atoms with Crippen LogP contribution in [0.4, 0.5) is 5.69 Å². The highest BCUT2D eigenvalue weighted by molar-refractivity contribution is 7.80. The second kappa shape index (κ2) is 10.9. The Morgan fingerprint density at radius 2 is 1.74 bits per heavy atom. The number of benzene rings is 2. The van der Waals surface area contributed by atoms with Crippen LogP contribution in [0.5, 0.6) is 5.75 Å². The summed E-state index contributed by atoms with van der Waals surface area (Å²) >= 11 is 5.91. The summed E-state index contributed by atoms with van der Waals surface area (Å²) in [5.41, 5.74) is 6.21. The molecule has 0 aliphatic carbocycles. The molecular weight excluding hydrogens is 508 g/mol. The number of nitrogens with zero attached hydrogens (tertiary/aromatic N) is 3. The van der Waals surface area contributed by atoms with Crippen LogP contribution in [0.1, 0.15) is 58.9 Å². The normalized spacial score (nSPS) is 16.9. The Labute approximate surface area is 234 Å². The van der Waals surface area contributed by atoms with Gasteiger partial charge >= 0.3 is 5.97 Å². The molecule has 0 saturated carbocycles. The average molecular weight is 541 g/mol. The van der Waals surface area contributed by atoms with E-state index in [-0.39, 0.29) is 24.2 Å². The zero-order chi connectivity index (χ0) is 27.7. The van der Waals surface area contributed by atoms with Crippen LogP contribution in [0, 0.1) is 13.8 Å². The fourth-order valence-corrected chi connectivity index (χ4v) is 5.66. The largest absolute Gasteiger partial charge is 0.491 e. The second-order valence-electron chi connectivity index (χ2n) is 9.83. The van der Waals surface area contributed by atoms with E-state index in [1.807, 2.05) is 81.4 Å². The van der Waals surface area contributed by atoms with Gasteiger partial charge in [0.25, 0.3) is 0 Å². The molecule has 1 fully saturated rings. The first-order valence-corrected chi connectivity index (χ1v) is 13.3. The van der Waals surface area contributed by atoms with E-state index in [9.17, 15) is 4.79 Å². The molecule has 0 amide bonds. The molecule has 0 unspecified atom stereocenters. The minimum atomic E-state index is -0.375. The maximum absolute atomic E-state index is 12.6. The molecular formula is C31H32N4O3S. The van der Waals surface area contributed by atoms with Crippen LogP contribution in [-0.4, -0.2) is 33.8 Å². The molecule has 0 spiro atoms. The number of para-hydroxylation sites is 1. The number of thiocarbonyl (C=S) groups is 1. The number of carbonyl (C=O) groups excluding carboxylic acids is 1. The van der Waals surface area contributed by atoms with Crippen LogP contribution in [0.15, 0.2) is 79.0 Å². The number of hydrogen-bond donors (Lipinski definition) is 1. The highest BCUT2D eigenvalue weighted by atomic mass is 32.1. The fraction of sp³-hybridized carbons (Fsp3) is 0.258. The Bertz CT molecular complexity index is 1500. The van der Waals surface area contributed by atoms with Gasteiger partial charge in [-0.15, -0.1) is 0 Å². The van der Waals surface area contributed by atoms with Crippen LogP contribution >= 0.6 is 12.2 Å². The number of hydrogen-bond acceptors (Lipinski definition) is 5. The van der Waals surface area contributed by atoms with Crippen molar-refractivity contribution in [3.8, 4) is 11.4 Å². The minimum Gasteiger partial charge on any atom is -0.491 e. The van der Waals surface area contributed by atoms with E-state index in [2.05, 4.69) is 32.8 Å². The number of methoxy groups -OCH3 is 1. The molecule has 7 nitrogen and oxygen atoms in total. The Balaban J connectivity index is 1.65. The van der Waals surface area contributed by atoms with Gasteiger partial charge in [-0.25, -0.2) is 4.79 Å². The Morgan fingerprint density at radius 1 is 1.03 bits per heavy atom. The SMILES string of the molecule is COC(=O)c1ccccc1-n1c(C)cc([C@H]2[C@H](c3ccccn3)NC(=S)N2c2ccc(OC(C)C)cc2)c1C. The molecule has 0 radical (unpaired) electrons. The molecule has 2 atom stereocenters. The third-order valence-electron chi connectivity index (χ3n) is 6.92. The lowest BCUT2D eigenvalue weighted by Crippen LogP contribution is -2.29. The summed E-state index contributed by atoms with van der Waals surface area (Å²) in [7, 11) is 1.40. The molecule has 2 aromatic carbocycles. The number of aryl methyl sites for hydroxylation is 1. The number of ether oxygens (including phenoxy) is 2. The zero-order valence-electron chi connectivity index (χ0n) is 22.7. The summed E-state index contributed by atoms with van der Waals surface area (Å²) in [5, 5.41) is 4.15. The topological polar surface area (TPSA) is 68.6 Å². The standard InChI is InChI=1S/C31H32N4O3S/c1-19(2)38-23-15-13-22(14-16-23)35-29(28(33-31(35)39)26-11-8-9-17-32-26)25-18-20(3)34(21(25)4)27-12-7-6-10-24(27)30(36)37-5/h6-19,28-29H,1-5H3,(H,33,39)/t28-,29-/m0/s1. The van der Waals surface area contributed by atoms with Crippen molar-refractivity contribution in [2.45, 2.75) is 45.9 Å². The van der Waals surface area contributed by atoms with Crippen molar-refractivity contribution in [3.63, 3.8) is 0 Å². The number of esters is 1. The lowest BCUT2D eigenvalue weighted by molar-refractivity contribution is 0.0600. The van der Waals surface area contributed by atoms with Crippen molar-refractivity contribution in [3.05, 3.63) is 107 Å². The molecule has 2 aromatic heterocycles. The summed E-state index contributed by atoms with van der Waals surface area (Å²) in [6.45, 7) is 8.14. The Kier molecular flexibility index (Phi) is 7.39. The average Bonchev–Trinajstić information content (AvgIpc) is 3.43. The van der Waals surface area contributed by atoms with Crippen LogP contribution in [0.25, 0.3) is 5.69 Å². The van der Waals surface area contributed by atoms with Crippen molar-refractivity contribution in [1.29, 1.82) is 0 Å². The van der Waals surface area contributed by atoms with Crippen LogP contribution in [0.3, 0.4) is 0 Å². The summed E-state index contributed by atoms with van der Waals surface area (Å²) in [4.78, 5) is 19.4. The molecule has 0 bridgehead atoms. The van der Waals surface area contributed by atoms with E-state index < -0.39 is 0 Å². The van der Waals surface area contributed by atoms with Crippen molar-refractivity contribution < 1.29 is 14.3 Å². The summed E-state index contributed by atoms with van der Waals surface area (Å²) in [6, 6.07) is 23.2. The quantitative estimate of drug-likeness (QED) is 0.220. The third kappa shape index (κ3) is 5.00. The van der Waals surface area contributed by atoms with Gasteiger partial charge in [-0.1, -0.05) is 18.2 Å². The van der Waals surface area contributed by atoms with Gasteiger partial charge in [-0.3, -0.25) is 4.98 Å². The van der Waals surface area contributed by atoms with Gasteiger partial charge in [-0.05, 0) is 100 Å². The second-order valence-corrected chi connectivity index (χ2v) is 10.2. The molecule has 39 heavy (non-hydrogen) atoms. The van der Waals surface area contributed by atoms with Crippen molar-refractivity contribution in [2.24, 2.45) is 0 Å². The van der Waals surface area contributed by atoms with Gasteiger partial charge in [0.15, 0.2) is 5.11 Å². The van der Waals surface area contributed by atoms with E-state index in [1.54, 1.807) is 12.3 Å². The van der Waals surface area contributed by atoms with Crippen molar-refractivity contribution >= 4 is 29.0 Å². The highest BCUT2D eigenvalue weighted by Gasteiger charge is 2.42. The minimum absolute atomic E-state index is 0.0879. The molecule has 200 valence electrons. The maximum atomic E-state index is 12.6. The monoisotopic (exact) mass is 540 g/mol. The number of aromatic nitrogens is 2. The first kappa shape index (κ1) is 26.4. The number of rotatable bonds is 7. The molecule has 1 aliphatic rings. The van der Waals surface area contributed by atoms with E-state index in [0.29, 0.717) is 10.7 Å². The van der Waals surface area contributed by atoms with Gasteiger partial charge in [0.1, 0.15) is 5.75 Å². The molecule has 5 rings (SSSR count). The van der Waals surface area contributed by atoms with Crippen LogP contribution in [-0.2, 0) is 4.74 Å². The molecule has 1 saturated heterocycles. The lowest BCUT2D eigenvalue weighted by Gasteiger charge is -2.28. The van der Waals surface area contributed by atoms with Gasteiger partial charge < -0.3 is 24.3 Å². The Morgan fingerprint density at radius 3 is 2.41 bits per heavy atom. The van der Waals surface area contributed by atoms with E-state index in [1.165, 1.54) is 7.11 Å². The number of anilines is 1. The summed E-state index contributed by atoms with van der Waals surface area (Å²) in [5.74, 6) is 0.433. The van der Waals surface area contributed by atoms with Gasteiger partial charge in [0.05, 0.1) is 42.2 Å². The molecule has 1 N–H and O–H groups in total. The van der Waals surface area contributed by atoms with Gasteiger partial charge in [0, 0.05) is 23.3 Å². The van der Waals surface area contributed by atoms with E-state index in [4.69, 9.17) is 21.7 Å². The Hall–Kier alpha value is -4.17.